The van der Waals surface area contributed by atoms with Crippen molar-refractivity contribution in [1.82, 2.24) is 4.90 Å². The highest BCUT2D eigenvalue weighted by atomic mass is 19.1. The first-order valence-corrected chi connectivity index (χ1v) is 11.1. The molecule has 0 fully saturated rings. The van der Waals surface area contributed by atoms with E-state index >= 15 is 4.39 Å². The van der Waals surface area contributed by atoms with Gasteiger partial charge in [-0.15, -0.1) is 0 Å². The summed E-state index contributed by atoms with van der Waals surface area (Å²) in [6.45, 7) is 8.21. The summed E-state index contributed by atoms with van der Waals surface area (Å²) in [5, 5.41) is 15.2. The Hall–Kier alpha value is -3.26. The van der Waals surface area contributed by atoms with E-state index in [0.717, 1.165) is 16.8 Å². The van der Waals surface area contributed by atoms with Crippen molar-refractivity contribution >= 4 is 29.5 Å². The number of hydrogen-bond donors (Lipinski definition) is 1. The maximum Gasteiger partial charge on any atom is 0.258 e. The number of anilines is 2. The third-order valence-corrected chi connectivity index (χ3v) is 6.14. The van der Waals surface area contributed by atoms with Crippen molar-refractivity contribution < 1.29 is 19.1 Å². The highest BCUT2D eigenvalue weighted by Crippen LogP contribution is 2.39. The normalized spacial score (nSPS) is 16.1. The number of aliphatic hydroxyl groups excluding tert-OH is 1. The molecule has 0 saturated heterocycles. The number of aliphatic hydroxyl groups is 1. The van der Waals surface area contributed by atoms with Crippen molar-refractivity contribution in [2.45, 2.75) is 33.6 Å². The third kappa shape index (κ3) is 4.75. The molecule has 2 aromatic rings. The molecular weight excluding hydrogens is 423 g/mol. The van der Waals surface area contributed by atoms with Crippen molar-refractivity contribution in [3.05, 3.63) is 58.9 Å². The lowest BCUT2D eigenvalue weighted by Gasteiger charge is -2.37. The molecule has 3 rings (SSSR count). The standard InChI is InChI=1S/C25H31FN4O3/c1-6-29(15-32)24(14-31)27-28(5)23-12-18-19(11-21(23)26)25(33)30(13-20(18)16(2)3)22-10-8-7-9-17(22)4/h7-12,15-16,20,31H,6,13-14H2,1-5H3/b27-24-. The highest BCUT2D eigenvalue weighted by molar-refractivity contribution is 6.09. The van der Waals surface area contributed by atoms with Crippen LogP contribution in [0.5, 0.6) is 0 Å². The summed E-state index contributed by atoms with van der Waals surface area (Å²) >= 11 is 0. The van der Waals surface area contributed by atoms with Crippen LogP contribution < -0.4 is 9.91 Å². The quantitative estimate of drug-likeness (QED) is 0.299. The fourth-order valence-electron chi connectivity index (χ4n) is 4.21. The number of carbonyl (C=O) groups is 2. The molecule has 1 atom stereocenters. The molecule has 1 aliphatic heterocycles. The summed E-state index contributed by atoms with van der Waals surface area (Å²) in [7, 11) is 1.55. The first-order chi connectivity index (χ1) is 15.7. The third-order valence-electron chi connectivity index (χ3n) is 6.14. The second-order valence-electron chi connectivity index (χ2n) is 8.53. The Morgan fingerprint density at radius 2 is 2.03 bits per heavy atom. The Morgan fingerprint density at radius 1 is 1.33 bits per heavy atom. The van der Waals surface area contributed by atoms with Crippen molar-refractivity contribution in [3.8, 4) is 0 Å². The van der Waals surface area contributed by atoms with Crippen LogP contribution in [0.1, 0.15) is 48.2 Å². The molecule has 33 heavy (non-hydrogen) atoms. The number of amides is 2. The van der Waals surface area contributed by atoms with Gasteiger partial charge in [-0.05, 0) is 49.1 Å². The van der Waals surface area contributed by atoms with E-state index in [9.17, 15) is 14.7 Å². The molecule has 7 nitrogen and oxygen atoms in total. The average Bonchev–Trinajstić information content (AvgIpc) is 2.79. The number of halogens is 1. The lowest BCUT2D eigenvalue weighted by atomic mass is 9.81. The summed E-state index contributed by atoms with van der Waals surface area (Å²) in [4.78, 5) is 27.6. The second-order valence-corrected chi connectivity index (χ2v) is 8.53. The number of hydrogen-bond acceptors (Lipinski definition) is 5. The van der Waals surface area contributed by atoms with Crippen LogP contribution in [0, 0.1) is 18.7 Å². The fourth-order valence-corrected chi connectivity index (χ4v) is 4.21. The van der Waals surface area contributed by atoms with Crippen molar-refractivity contribution in [3.63, 3.8) is 0 Å². The van der Waals surface area contributed by atoms with E-state index in [0.29, 0.717) is 25.1 Å². The minimum absolute atomic E-state index is 0.00605. The van der Waals surface area contributed by atoms with Gasteiger partial charge in [0.1, 0.15) is 12.4 Å². The van der Waals surface area contributed by atoms with Gasteiger partial charge < -0.3 is 10.0 Å². The van der Waals surface area contributed by atoms with Gasteiger partial charge >= 0.3 is 0 Å². The van der Waals surface area contributed by atoms with Crippen LogP contribution >= 0.6 is 0 Å². The first-order valence-electron chi connectivity index (χ1n) is 11.1. The van der Waals surface area contributed by atoms with Crippen molar-refractivity contribution in [1.29, 1.82) is 0 Å². The summed E-state index contributed by atoms with van der Waals surface area (Å²) in [6.07, 6.45) is 0.569. The molecule has 2 aromatic carbocycles. The molecule has 8 heteroatoms. The Bertz CT molecular complexity index is 1070. The Balaban J connectivity index is 2.08. The minimum Gasteiger partial charge on any atom is -0.388 e. The number of benzene rings is 2. The number of nitrogens with zero attached hydrogens (tertiary/aromatic N) is 4. The summed E-state index contributed by atoms with van der Waals surface area (Å²) in [6, 6.07) is 10.6. The van der Waals surface area contributed by atoms with Gasteiger partial charge in [-0.25, -0.2) is 4.39 Å². The highest BCUT2D eigenvalue weighted by Gasteiger charge is 2.35. The van der Waals surface area contributed by atoms with Crippen molar-refractivity contribution in [2.24, 2.45) is 11.0 Å². The van der Waals surface area contributed by atoms with E-state index in [-0.39, 0.29) is 29.3 Å². The van der Waals surface area contributed by atoms with Gasteiger partial charge in [-0.2, -0.15) is 5.10 Å². The minimum atomic E-state index is -0.603. The number of likely N-dealkylation sites (N-methyl/N-ethyl adjacent to an activating group) is 1. The van der Waals surface area contributed by atoms with Crippen molar-refractivity contribution in [2.75, 3.05) is 36.7 Å². The topological polar surface area (TPSA) is 76.5 Å². The van der Waals surface area contributed by atoms with Crippen LogP contribution in [0.4, 0.5) is 15.8 Å². The molecule has 1 heterocycles. The van der Waals surface area contributed by atoms with Gasteiger partial charge in [0.05, 0.1) is 5.69 Å². The van der Waals surface area contributed by atoms with E-state index in [1.54, 1.807) is 24.9 Å². The molecule has 1 aliphatic rings. The van der Waals surface area contributed by atoms with E-state index < -0.39 is 12.4 Å². The van der Waals surface area contributed by atoms with Crippen LogP contribution in [0.2, 0.25) is 0 Å². The lowest BCUT2D eigenvalue weighted by molar-refractivity contribution is -0.114. The molecule has 0 radical (unpaired) electrons. The van der Waals surface area contributed by atoms with E-state index in [4.69, 9.17) is 0 Å². The fraction of sp³-hybridized carbons (Fsp3) is 0.400. The van der Waals surface area contributed by atoms with Crippen LogP contribution in [0.25, 0.3) is 0 Å². The zero-order chi connectivity index (χ0) is 24.3. The Labute approximate surface area is 194 Å². The Morgan fingerprint density at radius 3 is 2.61 bits per heavy atom. The van der Waals surface area contributed by atoms with Gasteiger partial charge in [0.15, 0.2) is 5.84 Å². The van der Waals surface area contributed by atoms with Crippen LogP contribution in [-0.2, 0) is 4.79 Å². The molecule has 0 aromatic heterocycles. The molecule has 2 amide bonds. The van der Waals surface area contributed by atoms with Gasteiger partial charge in [-0.1, -0.05) is 32.0 Å². The van der Waals surface area contributed by atoms with Gasteiger partial charge in [-0.3, -0.25) is 19.5 Å². The summed E-state index contributed by atoms with van der Waals surface area (Å²) < 4.78 is 15.2. The van der Waals surface area contributed by atoms with Gasteiger partial charge in [0, 0.05) is 37.3 Å². The number of amidine groups is 1. The zero-order valence-electron chi connectivity index (χ0n) is 19.7. The number of fused-ring (bicyclic) bond motifs is 1. The average molecular weight is 455 g/mol. The van der Waals surface area contributed by atoms with Gasteiger partial charge in [0.2, 0.25) is 6.41 Å². The number of rotatable bonds is 7. The molecule has 176 valence electrons. The monoisotopic (exact) mass is 454 g/mol. The zero-order valence-corrected chi connectivity index (χ0v) is 19.7. The summed E-state index contributed by atoms with van der Waals surface area (Å²) in [5.74, 6) is -0.534. The molecular formula is C25H31FN4O3. The Kier molecular flexibility index (Phi) is 7.48. The van der Waals surface area contributed by atoms with Crippen LogP contribution in [0.15, 0.2) is 41.5 Å². The summed E-state index contributed by atoms with van der Waals surface area (Å²) in [5.41, 5.74) is 3.09. The SMILES string of the molecule is CCN(C=O)/C(CO)=N\N(C)c1cc2c(cc1F)C(=O)N(c1ccccc1C)CC2C(C)C. The maximum atomic E-state index is 15.2. The molecule has 1 unspecified atom stereocenters. The van der Waals surface area contributed by atoms with E-state index in [2.05, 4.69) is 18.9 Å². The predicted octanol–water partition coefficient (Wildman–Crippen LogP) is 3.75. The predicted molar refractivity (Wildman–Crippen MR) is 128 cm³/mol. The van der Waals surface area contributed by atoms with E-state index in [1.165, 1.54) is 16.0 Å². The van der Waals surface area contributed by atoms with Crippen LogP contribution in [-0.4, -0.2) is 54.9 Å². The molecule has 1 N–H and O–H groups in total. The first kappa shape index (κ1) is 24.4. The van der Waals surface area contributed by atoms with E-state index in [1.807, 2.05) is 31.2 Å². The number of aryl methyl sites for hydroxylation is 1. The number of para-hydroxylation sites is 1. The largest absolute Gasteiger partial charge is 0.388 e. The lowest BCUT2D eigenvalue weighted by Crippen LogP contribution is -2.42. The molecule has 0 aliphatic carbocycles. The number of hydrazone groups is 1. The smallest absolute Gasteiger partial charge is 0.258 e. The molecule has 0 spiro atoms. The van der Waals surface area contributed by atoms with Crippen LogP contribution in [0.3, 0.4) is 0 Å². The second kappa shape index (κ2) is 10.1. The van der Waals surface area contributed by atoms with Gasteiger partial charge in [0.25, 0.3) is 5.91 Å². The number of carbonyl (C=O) groups excluding carboxylic acids is 2. The maximum absolute atomic E-state index is 15.2. The molecule has 0 saturated carbocycles. The molecule has 0 bridgehead atoms.